The molecule has 18 heavy (non-hydrogen) atoms. The minimum atomic E-state index is -0.0546. The van der Waals surface area contributed by atoms with Crippen LogP contribution >= 0.6 is 0 Å². The molecule has 98 valence electrons. The van der Waals surface area contributed by atoms with Crippen molar-refractivity contribution in [2.75, 3.05) is 7.11 Å². The van der Waals surface area contributed by atoms with Crippen LogP contribution in [0, 0.1) is 0 Å². The summed E-state index contributed by atoms with van der Waals surface area (Å²) in [5, 5.41) is 0. The highest BCUT2D eigenvalue weighted by atomic mass is 16.5. The van der Waals surface area contributed by atoms with Gasteiger partial charge >= 0.3 is 0 Å². The normalized spacial score (nSPS) is 21.3. The third-order valence-corrected chi connectivity index (χ3v) is 3.60. The van der Waals surface area contributed by atoms with Crippen molar-refractivity contribution in [3.05, 3.63) is 35.7 Å². The number of rotatable bonds is 3. The molecular weight excluding hydrogens is 224 g/mol. The first kappa shape index (κ1) is 13.1. The van der Waals surface area contributed by atoms with Crippen LogP contribution in [0.2, 0.25) is 0 Å². The second-order valence-electron chi connectivity index (χ2n) is 4.83. The molecule has 0 bridgehead atoms. The summed E-state index contributed by atoms with van der Waals surface area (Å²) in [7, 11) is 1.67. The van der Waals surface area contributed by atoms with E-state index in [4.69, 9.17) is 10.5 Å². The highest BCUT2D eigenvalue weighted by Crippen LogP contribution is 2.31. The lowest BCUT2D eigenvalue weighted by molar-refractivity contribution is 0.405. The van der Waals surface area contributed by atoms with Gasteiger partial charge in [-0.3, -0.25) is 4.98 Å². The fraction of sp³-hybridized carbons (Fsp3) is 0.533. The SMILES string of the molecule is COc1cnccc1C(N)/C1=C/CCCCCC1. The quantitative estimate of drug-likeness (QED) is 0.832. The largest absolute Gasteiger partial charge is 0.495 e. The molecule has 0 radical (unpaired) electrons. The number of aromatic nitrogens is 1. The van der Waals surface area contributed by atoms with Gasteiger partial charge in [0.2, 0.25) is 0 Å². The molecular formula is C15H22N2O. The van der Waals surface area contributed by atoms with Crippen molar-refractivity contribution in [3.63, 3.8) is 0 Å². The summed E-state index contributed by atoms with van der Waals surface area (Å²) in [6.45, 7) is 0. The average Bonchev–Trinajstić information content (AvgIpc) is 2.37. The van der Waals surface area contributed by atoms with Crippen LogP contribution in [0.15, 0.2) is 30.1 Å². The fourth-order valence-electron chi connectivity index (χ4n) is 2.52. The lowest BCUT2D eigenvalue weighted by Gasteiger charge is -2.20. The van der Waals surface area contributed by atoms with E-state index in [1.807, 2.05) is 6.07 Å². The Labute approximate surface area is 109 Å². The molecule has 1 aliphatic rings. The van der Waals surface area contributed by atoms with Crippen LogP contribution in [0.25, 0.3) is 0 Å². The zero-order chi connectivity index (χ0) is 12.8. The lowest BCUT2D eigenvalue weighted by atomic mass is 9.91. The third kappa shape index (κ3) is 3.10. The number of hydrogen-bond donors (Lipinski definition) is 1. The fourth-order valence-corrected chi connectivity index (χ4v) is 2.52. The van der Waals surface area contributed by atoms with E-state index in [0.29, 0.717) is 0 Å². The monoisotopic (exact) mass is 246 g/mol. The maximum atomic E-state index is 6.39. The Morgan fingerprint density at radius 2 is 2.11 bits per heavy atom. The van der Waals surface area contributed by atoms with Gasteiger partial charge in [0.25, 0.3) is 0 Å². The van der Waals surface area contributed by atoms with Gasteiger partial charge in [-0.1, -0.05) is 24.5 Å². The van der Waals surface area contributed by atoms with E-state index < -0.39 is 0 Å². The van der Waals surface area contributed by atoms with Crippen LogP contribution in [0.3, 0.4) is 0 Å². The minimum Gasteiger partial charge on any atom is -0.495 e. The van der Waals surface area contributed by atoms with Gasteiger partial charge in [0.15, 0.2) is 0 Å². The Kier molecular flexibility index (Phi) is 4.76. The summed E-state index contributed by atoms with van der Waals surface area (Å²) in [5.74, 6) is 0.785. The molecule has 1 unspecified atom stereocenters. The lowest BCUT2D eigenvalue weighted by Crippen LogP contribution is -2.15. The molecule has 0 amide bonds. The number of methoxy groups -OCH3 is 1. The molecule has 1 heterocycles. The molecule has 1 atom stereocenters. The number of nitrogens with zero attached hydrogens (tertiary/aromatic N) is 1. The molecule has 3 heteroatoms. The molecule has 0 fully saturated rings. The van der Waals surface area contributed by atoms with Crippen molar-refractivity contribution < 1.29 is 4.74 Å². The van der Waals surface area contributed by atoms with Crippen molar-refractivity contribution >= 4 is 0 Å². The van der Waals surface area contributed by atoms with Gasteiger partial charge in [0.05, 0.1) is 19.3 Å². The number of allylic oxidation sites excluding steroid dienone is 1. The third-order valence-electron chi connectivity index (χ3n) is 3.60. The zero-order valence-corrected chi connectivity index (χ0v) is 11.1. The number of nitrogens with two attached hydrogens (primary N) is 1. The van der Waals surface area contributed by atoms with Crippen molar-refractivity contribution in [1.82, 2.24) is 4.98 Å². The first-order chi connectivity index (χ1) is 8.83. The summed E-state index contributed by atoms with van der Waals surface area (Å²) in [6, 6.07) is 1.91. The van der Waals surface area contributed by atoms with Gasteiger partial charge in [0.1, 0.15) is 5.75 Å². The first-order valence-corrected chi connectivity index (χ1v) is 6.75. The first-order valence-electron chi connectivity index (χ1n) is 6.75. The maximum Gasteiger partial charge on any atom is 0.142 e. The van der Waals surface area contributed by atoms with Crippen molar-refractivity contribution in [3.8, 4) is 5.75 Å². The summed E-state index contributed by atoms with van der Waals surface area (Å²) in [4.78, 5) is 4.08. The van der Waals surface area contributed by atoms with Gasteiger partial charge in [-0.05, 0) is 31.7 Å². The van der Waals surface area contributed by atoms with E-state index >= 15 is 0 Å². The van der Waals surface area contributed by atoms with Crippen LogP contribution in [-0.2, 0) is 0 Å². The van der Waals surface area contributed by atoms with E-state index in [-0.39, 0.29) is 6.04 Å². The van der Waals surface area contributed by atoms with Gasteiger partial charge < -0.3 is 10.5 Å². The molecule has 1 aromatic rings. The van der Waals surface area contributed by atoms with Crippen LogP contribution in [0.1, 0.15) is 50.1 Å². The van der Waals surface area contributed by atoms with E-state index in [1.165, 1.54) is 31.3 Å². The molecule has 0 saturated heterocycles. The smallest absolute Gasteiger partial charge is 0.142 e. The molecule has 0 saturated carbocycles. The molecule has 0 aliphatic heterocycles. The van der Waals surface area contributed by atoms with E-state index in [1.54, 1.807) is 19.5 Å². The van der Waals surface area contributed by atoms with E-state index in [9.17, 15) is 0 Å². The Morgan fingerprint density at radius 1 is 1.28 bits per heavy atom. The van der Waals surface area contributed by atoms with Crippen molar-refractivity contribution in [2.24, 2.45) is 5.73 Å². The van der Waals surface area contributed by atoms with Crippen molar-refractivity contribution in [1.29, 1.82) is 0 Å². The predicted octanol–water partition coefficient (Wildman–Crippen LogP) is 3.37. The van der Waals surface area contributed by atoms with Crippen LogP contribution in [0.4, 0.5) is 0 Å². The molecule has 1 aliphatic carbocycles. The summed E-state index contributed by atoms with van der Waals surface area (Å²) in [6.07, 6.45) is 13.3. The average molecular weight is 246 g/mol. The van der Waals surface area contributed by atoms with Gasteiger partial charge in [-0.25, -0.2) is 0 Å². The highest BCUT2D eigenvalue weighted by Gasteiger charge is 2.16. The van der Waals surface area contributed by atoms with Crippen LogP contribution in [-0.4, -0.2) is 12.1 Å². The van der Waals surface area contributed by atoms with Gasteiger partial charge in [0, 0.05) is 11.8 Å². The van der Waals surface area contributed by atoms with Crippen molar-refractivity contribution in [2.45, 2.75) is 44.6 Å². The molecule has 0 spiro atoms. The molecule has 0 aromatic carbocycles. The number of pyridine rings is 1. The number of ether oxygens (including phenoxy) is 1. The summed E-state index contributed by atoms with van der Waals surface area (Å²) >= 11 is 0. The standard InChI is InChI=1S/C15H22N2O/c1-18-14-11-17-10-9-13(14)15(16)12-7-5-3-2-4-6-8-12/h7,9-11,15H,2-6,8,16H2,1H3/b12-7+. The summed E-state index contributed by atoms with van der Waals surface area (Å²) < 4.78 is 5.34. The second kappa shape index (κ2) is 6.55. The Bertz CT molecular complexity index is 415. The van der Waals surface area contributed by atoms with Gasteiger partial charge in [-0.2, -0.15) is 0 Å². The molecule has 2 N–H and O–H groups in total. The molecule has 3 nitrogen and oxygen atoms in total. The Morgan fingerprint density at radius 3 is 2.94 bits per heavy atom. The van der Waals surface area contributed by atoms with Crippen LogP contribution < -0.4 is 10.5 Å². The number of hydrogen-bond acceptors (Lipinski definition) is 3. The Hall–Kier alpha value is -1.35. The maximum absolute atomic E-state index is 6.39. The van der Waals surface area contributed by atoms with Gasteiger partial charge in [-0.15, -0.1) is 0 Å². The zero-order valence-electron chi connectivity index (χ0n) is 11.1. The molecule has 2 rings (SSSR count). The molecule has 1 aromatic heterocycles. The van der Waals surface area contributed by atoms with E-state index in [2.05, 4.69) is 11.1 Å². The van der Waals surface area contributed by atoms with E-state index in [0.717, 1.165) is 24.2 Å². The topological polar surface area (TPSA) is 48.1 Å². The Balaban J connectivity index is 2.20. The summed E-state index contributed by atoms with van der Waals surface area (Å²) in [5.41, 5.74) is 8.78. The second-order valence-corrected chi connectivity index (χ2v) is 4.83. The highest BCUT2D eigenvalue weighted by molar-refractivity contribution is 5.37. The van der Waals surface area contributed by atoms with Crippen LogP contribution in [0.5, 0.6) is 5.75 Å². The minimum absolute atomic E-state index is 0.0546. The predicted molar refractivity (Wildman–Crippen MR) is 73.5 cm³/mol.